The molecule has 0 spiro atoms. The van der Waals surface area contributed by atoms with Crippen molar-refractivity contribution < 1.29 is 22.1 Å². The van der Waals surface area contributed by atoms with E-state index in [1.54, 1.807) is 18.1 Å². The zero-order chi connectivity index (χ0) is 21.2. The standard InChI is InChI=1S/C19H33N3O5S/c1-6-20-19(23)22(12-13-26-5)15-16-10-11-17(21(7-2)8-3)14-18(16)27-28(24,25)9-4/h10-11,14H,6-9,12-13,15H2,1-5H3,(H,20,23). The fourth-order valence-electron chi connectivity index (χ4n) is 2.66. The fraction of sp³-hybridized carbons (Fsp3) is 0.632. The van der Waals surface area contributed by atoms with Crippen LogP contribution in [0.15, 0.2) is 18.2 Å². The summed E-state index contributed by atoms with van der Waals surface area (Å²) in [5, 5.41) is 2.77. The molecule has 0 radical (unpaired) electrons. The van der Waals surface area contributed by atoms with Gasteiger partial charge in [-0.2, -0.15) is 8.42 Å². The maximum absolute atomic E-state index is 12.4. The SMILES string of the molecule is CCNC(=O)N(CCOC)Cc1ccc(N(CC)CC)cc1OS(=O)(=O)CC. The van der Waals surface area contributed by atoms with E-state index in [1.165, 1.54) is 6.92 Å². The van der Waals surface area contributed by atoms with Crippen LogP contribution in [-0.4, -0.2) is 65.0 Å². The highest BCUT2D eigenvalue weighted by Crippen LogP contribution is 2.28. The molecule has 1 aromatic carbocycles. The van der Waals surface area contributed by atoms with E-state index in [-0.39, 0.29) is 24.1 Å². The highest BCUT2D eigenvalue weighted by atomic mass is 32.2. The van der Waals surface area contributed by atoms with Gasteiger partial charge in [0.15, 0.2) is 0 Å². The molecular formula is C19H33N3O5S. The summed E-state index contributed by atoms with van der Waals surface area (Å²) in [5.74, 6) is 0.115. The number of hydrogen-bond acceptors (Lipinski definition) is 6. The molecule has 9 heteroatoms. The average Bonchev–Trinajstić information content (AvgIpc) is 2.67. The number of nitrogens with zero attached hydrogens (tertiary/aromatic N) is 2. The lowest BCUT2D eigenvalue weighted by atomic mass is 10.1. The zero-order valence-electron chi connectivity index (χ0n) is 17.5. The highest BCUT2D eigenvalue weighted by molar-refractivity contribution is 7.87. The minimum absolute atomic E-state index is 0.133. The number of benzene rings is 1. The van der Waals surface area contributed by atoms with Gasteiger partial charge in [-0.1, -0.05) is 6.07 Å². The third-order valence-corrected chi connectivity index (χ3v) is 5.43. The summed E-state index contributed by atoms with van der Waals surface area (Å²) in [7, 11) is -2.13. The molecule has 1 rings (SSSR count). The summed E-state index contributed by atoms with van der Waals surface area (Å²) < 4.78 is 34.6. The van der Waals surface area contributed by atoms with E-state index in [4.69, 9.17) is 8.92 Å². The number of methoxy groups -OCH3 is 1. The first-order valence-corrected chi connectivity index (χ1v) is 11.2. The van der Waals surface area contributed by atoms with E-state index >= 15 is 0 Å². The second kappa shape index (κ2) is 11.8. The Bertz CT molecular complexity index is 720. The molecule has 28 heavy (non-hydrogen) atoms. The first-order valence-electron chi connectivity index (χ1n) is 9.63. The smallest absolute Gasteiger partial charge is 0.317 e. The predicted molar refractivity (Wildman–Crippen MR) is 111 cm³/mol. The molecule has 160 valence electrons. The summed E-state index contributed by atoms with van der Waals surface area (Å²) in [5.41, 5.74) is 1.49. The van der Waals surface area contributed by atoms with E-state index in [2.05, 4.69) is 10.2 Å². The van der Waals surface area contributed by atoms with Crippen LogP contribution in [-0.2, 0) is 21.4 Å². The van der Waals surface area contributed by atoms with Crippen molar-refractivity contribution in [2.75, 3.05) is 50.5 Å². The summed E-state index contributed by atoms with van der Waals surface area (Å²) in [4.78, 5) is 16.0. The van der Waals surface area contributed by atoms with Crippen molar-refractivity contribution in [3.63, 3.8) is 0 Å². The lowest BCUT2D eigenvalue weighted by Gasteiger charge is -2.26. The van der Waals surface area contributed by atoms with E-state index in [0.717, 1.165) is 18.8 Å². The first-order chi connectivity index (χ1) is 13.3. The largest absolute Gasteiger partial charge is 0.383 e. The van der Waals surface area contributed by atoms with Crippen LogP contribution in [0.5, 0.6) is 5.75 Å². The number of urea groups is 1. The van der Waals surface area contributed by atoms with Gasteiger partial charge in [0.05, 0.1) is 18.9 Å². The van der Waals surface area contributed by atoms with E-state index < -0.39 is 10.1 Å². The van der Waals surface area contributed by atoms with E-state index in [0.29, 0.717) is 25.3 Å². The number of rotatable bonds is 12. The topological polar surface area (TPSA) is 88.2 Å². The molecule has 0 fully saturated rings. The maximum atomic E-state index is 12.4. The number of carbonyl (C=O) groups is 1. The van der Waals surface area contributed by atoms with Gasteiger partial charge in [-0.15, -0.1) is 0 Å². The van der Waals surface area contributed by atoms with E-state index in [9.17, 15) is 13.2 Å². The van der Waals surface area contributed by atoms with Gasteiger partial charge in [0, 0.05) is 50.6 Å². The normalized spacial score (nSPS) is 11.2. The van der Waals surface area contributed by atoms with Gasteiger partial charge in [-0.3, -0.25) is 0 Å². The van der Waals surface area contributed by atoms with Gasteiger partial charge in [0.25, 0.3) is 0 Å². The number of hydrogen-bond donors (Lipinski definition) is 1. The van der Waals surface area contributed by atoms with Crippen molar-refractivity contribution in [1.29, 1.82) is 0 Å². The van der Waals surface area contributed by atoms with Crippen molar-refractivity contribution in [3.05, 3.63) is 23.8 Å². The molecule has 0 bridgehead atoms. The molecule has 0 aliphatic rings. The predicted octanol–water partition coefficient (Wildman–Crippen LogP) is 2.44. The van der Waals surface area contributed by atoms with Crippen molar-refractivity contribution in [1.82, 2.24) is 10.2 Å². The third-order valence-electron chi connectivity index (χ3n) is 4.29. The van der Waals surface area contributed by atoms with Crippen LogP contribution in [0.25, 0.3) is 0 Å². The highest BCUT2D eigenvalue weighted by Gasteiger charge is 2.19. The molecule has 0 heterocycles. The lowest BCUT2D eigenvalue weighted by Crippen LogP contribution is -2.41. The van der Waals surface area contributed by atoms with Gasteiger partial charge in [0.2, 0.25) is 0 Å². The summed E-state index contributed by atoms with van der Waals surface area (Å²) in [6.07, 6.45) is 0. The van der Waals surface area contributed by atoms with Gasteiger partial charge in [-0.05, 0) is 33.8 Å². The Balaban J connectivity index is 3.27. The summed E-state index contributed by atoms with van der Waals surface area (Å²) in [6, 6.07) is 5.21. The quantitative estimate of drug-likeness (QED) is 0.528. The molecule has 1 N–H and O–H groups in total. The molecule has 1 aromatic rings. The van der Waals surface area contributed by atoms with Crippen LogP contribution in [0.4, 0.5) is 10.5 Å². The Labute approximate surface area is 168 Å². The average molecular weight is 416 g/mol. The summed E-state index contributed by atoms with van der Waals surface area (Å²) in [6.45, 7) is 10.5. The van der Waals surface area contributed by atoms with Crippen LogP contribution in [0.3, 0.4) is 0 Å². The minimum atomic E-state index is -3.70. The molecular weight excluding hydrogens is 382 g/mol. The molecule has 0 aliphatic heterocycles. The van der Waals surface area contributed by atoms with Crippen LogP contribution in [0.2, 0.25) is 0 Å². The number of carbonyl (C=O) groups excluding carboxylic acids is 1. The molecule has 0 atom stereocenters. The van der Waals surface area contributed by atoms with Crippen molar-refractivity contribution in [2.45, 2.75) is 34.2 Å². The Hall–Kier alpha value is -2.00. The maximum Gasteiger partial charge on any atom is 0.317 e. The van der Waals surface area contributed by atoms with Crippen LogP contribution < -0.4 is 14.4 Å². The monoisotopic (exact) mass is 415 g/mol. The van der Waals surface area contributed by atoms with Crippen molar-refractivity contribution in [2.24, 2.45) is 0 Å². The second-order valence-electron chi connectivity index (χ2n) is 6.14. The summed E-state index contributed by atoms with van der Waals surface area (Å²) >= 11 is 0. The Morgan fingerprint density at radius 1 is 1.14 bits per heavy atom. The van der Waals surface area contributed by atoms with Crippen LogP contribution in [0, 0.1) is 0 Å². The fourth-order valence-corrected chi connectivity index (χ4v) is 3.20. The number of nitrogens with one attached hydrogen (secondary N) is 1. The first kappa shape index (κ1) is 24.0. The van der Waals surface area contributed by atoms with Crippen molar-refractivity contribution >= 4 is 21.8 Å². The zero-order valence-corrected chi connectivity index (χ0v) is 18.3. The van der Waals surface area contributed by atoms with Crippen LogP contribution >= 0.6 is 0 Å². The number of anilines is 1. The Morgan fingerprint density at radius 3 is 2.36 bits per heavy atom. The van der Waals surface area contributed by atoms with Gasteiger partial charge in [-0.25, -0.2) is 4.79 Å². The molecule has 2 amide bonds. The van der Waals surface area contributed by atoms with Gasteiger partial charge in [0.1, 0.15) is 5.75 Å². The number of ether oxygens (including phenoxy) is 1. The van der Waals surface area contributed by atoms with Gasteiger partial charge < -0.3 is 24.0 Å². The van der Waals surface area contributed by atoms with Crippen LogP contribution in [0.1, 0.15) is 33.3 Å². The second-order valence-corrected chi connectivity index (χ2v) is 8.00. The Morgan fingerprint density at radius 2 is 1.82 bits per heavy atom. The minimum Gasteiger partial charge on any atom is -0.383 e. The molecule has 0 unspecified atom stereocenters. The van der Waals surface area contributed by atoms with Crippen molar-refractivity contribution in [3.8, 4) is 5.75 Å². The molecule has 0 aromatic heterocycles. The molecule has 0 saturated heterocycles. The molecule has 0 saturated carbocycles. The number of amides is 2. The molecule has 0 aliphatic carbocycles. The third kappa shape index (κ3) is 7.20. The van der Waals surface area contributed by atoms with E-state index in [1.807, 2.05) is 32.9 Å². The lowest BCUT2D eigenvalue weighted by molar-refractivity contribution is 0.146. The molecule has 8 nitrogen and oxygen atoms in total. The Kier molecular flexibility index (Phi) is 10.1. The van der Waals surface area contributed by atoms with Gasteiger partial charge >= 0.3 is 16.1 Å².